The highest BCUT2D eigenvalue weighted by atomic mass is 19.1. The summed E-state index contributed by atoms with van der Waals surface area (Å²) in [5.41, 5.74) is 1.02. The van der Waals surface area contributed by atoms with Crippen LogP contribution in [0.5, 0.6) is 0 Å². The highest BCUT2D eigenvalue weighted by molar-refractivity contribution is 5.87. The summed E-state index contributed by atoms with van der Waals surface area (Å²) < 4.78 is 20.8. The van der Waals surface area contributed by atoms with Gasteiger partial charge in [0.15, 0.2) is 0 Å². The average molecular weight is 386 g/mol. The molecular weight excluding hydrogens is 359 g/mol. The number of halogens is 1. The Balaban J connectivity index is 1.52. The Morgan fingerprint density at radius 2 is 2.00 bits per heavy atom. The maximum Gasteiger partial charge on any atom is 0.243 e. The van der Waals surface area contributed by atoms with Crippen molar-refractivity contribution in [3.8, 4) is 5.69 Å². The Bertz CT molecular complexity index is 839. The second-order valence-electron chi connectivity index (χ2n) is 7.69. The summed E-state index contributed by atoms with van der Waals surface area (Å²) in [6, 6.07) is 6.61. The number of rotatable bonds is 6. The van der Waals surface area contributed by atoms with Crippen LogP contribution in [0.1, 0.15) is 31.2 Å². The molecule has 0 radical (unpaired) electrons. The third kappa shape index (κ3) is 3.44. The monoisotopic (exact) mass is 386 g/mol. The number of nitrogens with zero attached hydrogens (tertiary/aromatic N) is 4. The Hall–Kier alpha value is -2.25. The number of para-hydroxylation sites is 1. The van der Waals surface area contributed by atoms with E-state index >= 15 is 0 Å². The van der Waals surface area contributed by atoms with E-state index in [2.05, 4.69) is 10.00 Å². The molecule has 7 heteroatoms. The minimum Gasteiger partial charge on any atom is -0.383 e. The third-order valence-corrected chi connectivity index (χ3v) is 6.00. The average Bonchev–Trinajstić information content (AvgIpc) is 3.32. The Morgan fingerprint density at radius 3 is 2.79 bits per heavy atom. The van der Waals surface area contributed by atoms with E-state index in [0.29, 0.717) is 25.4 Å². The van der Waals surface area contributed by atoms with E-state index in [0.717, 1.165) is 44.3 Å². The number of carbonyl (C=O) groups excluding carboxylic acids is 1. The lowest BCUT2D eigenvalue weighted by Gasteiger charge is -2.44. The van der Waals surface area contributed by atoms with Gasteiger partial charge in [0, 0.05) is 38.5 Å². The van der Waals surface area contributed by atoms with E-state index in [4.69, 9.17) is 4.74 Å². The first-order valence-electron chi connectivity index (χ1n) is 9.96. The molecule has 3 heterocycles. The molecule has 1 spiro atoms. The second kappa shape index (κ2) is 8.01. The van der Waals surface area contributed by atoms with Gasteiger partial charge in [0.05, 0.1) is 12.8 Å². The summed E-state index contributed by atoms with van der Waals surface area (Å²) in [5.74, 6) is -0.0687. The fraction of sp³-hybridized carbons (Fsp3) is 0.524. The molecular formula is C21H27FN4O2. The third-order valence-electron chi connectivity index (χ3n) is 6.00. The van der Waals surface area contributed by atoms with Crippen LogP contribution in [-0.2, 0) is 16.1 Å². The molecule has 6 nitrogen and oxygen atoms in total. The number of benzene rings is 1. The smallest absolute Gasteiger partial charge is 0.243 e. The number of ether oxygens (including phenoxy) is 1. The van der Waals surface area contributed by atoms with E-state index in [-0.39, 0.29) is 11.7 Å². The molecule has 2 aliphatic heterocycles. The second-order valence-corrected chi connectivity index (χ2v) is 7.69. The van der Waals surface area contributed by atoms with Gasteiger partial charge in [-0.15, -0.1) is 0 Å². The van der Waals surface area contributed by atoms with Gasteiger partial charge >= 0.3 is 0 Å². The first-order chi connectivity index (χ1) is 13.6. The Kier molecular flexibility index (Phi) is 5.46. The summed E-state index contributed by atoms with van der Waals surface area (Å²) in [7, 11) is 1.67. The molecule has 28 heavy (non-hydrogen) atoms. The van der Waals surface area contributed by atoms with Crippen molar-refractivity contribution in [2.24, 2.45) is 0 Å². The normalized spacial score (nSPS) is 23.1. The van der Waals surface area contributed by atoms with Crippen molar-refractivity contribution in [3.63, 3.8) is 0 Å². The van der Waals surface area contributed by atoms with Crippen molar-refractivity contribution in [1.82, 2.24) is 19.6 Å². The molecule has 1 aromatic heterocycles. The lowest BCUT2D eigenvalue weighted by Crippen LogP contribution is -2.60. The molecule has 0 aliphatic carbocycles. The zero-order chi connectivity index (χ0) is 19.6. The van der Waals surface area contributed by atoms with Gasteiger partial charge in [-0.2, -0.15) is 5.10 Å². The van der Waals surface area contributed by atoms with Gasteiger partial charge in [-0.25, -0.2) is 9.07 Å². The molecule has 0 saturated carbocycles. The van der Waals surface area contributed by atoms with Gasteiger partial charge in [-0.3, -0.25) is 9.69 Å². The molecule has 1 aromatic carbocycles. The van der Waals surface area contributed by atoms with E-state index < -0.39 is 5.54 Å². The van der Waals surface area contributed by atoms with Crippen molar-refractivity contribution in [3.05, 3.63) is 48.0 Å². The maximum atomic E-state index is 14.0. The fourth-order valence-corrected chi connectivity index (χ4v) is 4.60. The number of carbonyl (C=O) groups is 1. The number of methoxy groups -OCH3 is 1. The van der Waals surface area contributed by atoms with Crippen molar-refractivity contribution in [2.75, 3.05) is 33.4 Å². The van der Waals surface area contributed by atoms with E-state index in [1.807, 2.05) is 11.1 Å². The lowest BCUT2D eigenvalue weighted by molar-refractivity contribution is -0.148. The predicted octanol–water partition coefficient (Wildman–Crippen LogP) is 2.61. The molecule has 0 bridgehead atoms. The SMILES string of the molecule is COCCN1CCCC2(CCCN2Cc2cnn(-c3ccccc3F)c2)C1=O. The van der Waals surface area contributed by atoms with Crippen LogP contribution in [-0.4, -0.2) is 64.4 Å². The number of amides is 1. The van der Waals surface area contributed by atoms with Crippen LogP contribution < -0.4 is 0 Å². The molecule has 1 atom stereocenters. The minimum absolute atomic E-state index is 0.231. The summed E-state index contributed by atoms with van der Waals surface area (Å²) in [4.78, 5) is 17.5. The number of hydrogen-bond donors (Lipinski definition) is 0. The quantitative estimate of drug-likeness (QED) is 0.766. The molecule has 150 valence electrons. The largest absolute Gasteiger partial charge is 0.383 e. The van der Waals surface area contributed by atoms with Crippen molar-refractivity contribution < 1.29 is 13.9 Å². The van der Waals surface area contributed by atoms with E-state index in [9.17, 15) is 9.18 Å². The summed E-state index contributed by atoms with van der Waals surface area (Å²) >= 11 is 0. The first-order valence-corrected chi connectivity index (χ1v) is 9.96. The van der Waals surface area contributed by atoms with Crippen molar-refractivity contribution in [2.45, 2.75) is 37.8 Å². The summed E-state index contributed by atoms with van der Waals surface area (Å²) in [5, 5.41) is 4.34. The van der Waals surface area contributed by atoms with Crippen LogP contribution in [0.4, 0.5) is 4.39 Å². The van der Waals surface area contributed by atoms with Gasteiger partial charge in [0.2, 0.25) is 5.91 Å². The molecule has 1 amide bonds. The van der Waals surface area contributed by atoms with Crippen LogP contribution in [0.3, 0.4) is 0 Å². The minimum atomic E-state index is -0.411. The molecule has 2 aliphatic rings. The number of hydrogen-bond acceptors (Lipinski definition) is 4. The number of aromatic nitrogens is 2. The molecule has 2 fully saturated rings. The van der Waals surface area contributed by atoms with Crippen LogP contribution >= 0.6 is 0 Å². The van der Waals surface area contributed by atoms with Gasteiger partial charge in [-0.05, 0) is 44.4 Å². The zero-order valence-electron chi connectivity index (χ0n) is 16.3. The van der Waals surface area contributed by atoms with Crippen LogP contribution in [0.25, 0.3) is 5.69 Å². The first kappa shape index (κ1) is 19.1. The summed E-state index contributed by atoms with van der Waals surface area (Å²) in [6.07, 6.45) is 7.47. The maximum absolute atomic E-state index is 14.0. The van der Waals surface area contributed by atoms with Crippen molar-refractivity contribution in [1.29, 1.82) is 0 Å². The van der Waals surface area contributed by atoms with Crippen molar-refractivity contribution >= 4 is 5.91 Å². The van der Waals surface area contributed by atoms with E-state index in [1.165, 1.54) is 6.07 Å². The number of piperidine rings is 1. The topological polar surface area (TPSA) is 50.6 Å². The number of likely N-dealkylation sites (tertiary alicyclic amines) is 2. The Labute approximate surface area is 164 Å². The highest BCUT2D eigenvalue weighted by Crippen LogP contribution is 2.39. The Morgan fingerprint density at radius 1 is 1.21 bits per heavy atom. The summed E-state index contributed by atoms with van der Waals surface area (Å²) in [6.45, 7) is 3.57. The molecule has 1 unspecified atom stereocenters. The van der Waals surface area contributed by atoms with Crippen LogP contribution in [0, 0.1) is 5.82 Å². The molecule has 4 rings (SSSR count). The van der Waals surface area contributed by atoms with Gasteiger partial charge in [-0.1, -0.05) is 12.1 Å². The van der Waals surface area contributed by atoms with Gasteiger partial charge < -0.3 is 9.64 Å². The van der Waals surface area contributed by atoms with Gasteiger partial charge in [0.1, 0.15) is 17.0 Å². The standard InChI is InChI=1S/C21H27FN4O2/c1-28-13-12-24-10-4-8-21(20(24)27)9-5-11-25(21)15-17-14-23-26(16-17)19-7-3-2-6-18(19)22/h2-3,6-7,14,16H,4-5,8-13,15H2,1H3. The molecule has 0 N–H and O–H groups in total. The van der Waals surface area contributed by atoms with Crippen LogP contribution in [0.15, 0.2) is 36.7 Å². The zero-order valence-corrected chi connectivity index (χ0v) is 16.3. The predicted molar refractivity (Wildman–Crippen MR) is 104 cm³/mol. The fourth-order valence-electron chi connectivity index (χ4n) is 4.60. The lowest BCUT2D eigenvalue weighted by atomic mass is 9.85. The molecule has 2 aromatic rings. The van der Waals surface area contributed by atoms with Crippen LogP contribution in [0.2, 0.25) is 0 Å². The molecule has 2 saturated heterocycles. The van der Waals surface area contributed by atoms with Gasteiger partial charge in [0.25, 0.3) is 0 Å². The highest BCUT2D eigenvalue weighted by Gasteiger charge is 2.50. The van der Waals surface area contributed by atoms with E-state index in [1.54, 1.807) is 36.2 Å².